The third-order valence-corrected chi connectivity index (χ3v) is 5.51. The van der Waals surface area contributed by atoms with Gasteiger partial charge in [-0.05, 0) is 88.6 Å². The van der Waals surface area contributed by atoms with E-state index in [0.29, 0.717) is 36.0 Å². The Kier molecular flexibility index (Phi) is 8.48. The molecule has 0 aromatic heterocycles. The number of hydrogen-bond donors (Lipinski definition) is 1. The molecule has 0 saturated carbocycles. The van der Waals surface area contributed by atoms with Crippen LogP contribution in [0, 0.1) is 11.3 Å². The predicted octanol–water partition coefficient (Wildman–Crippen LogP) is 6.73. The lowest BCUT2D eigenvalue weighted by molar-refractivity contribution is -0.112. The zero-order chi connectivity index (χ0) is 22.9. The minimum absolute atomic E-state index is 0.00526. The minimum atomic E-state index is -0.483. The lowest BCUT2D eigenvalue weighted by Crippen LogP contribution is -2.13. The number of anilines is 1. The van der Waals surface area contributed by atoms with E-state index in [4.69, 9.17) is 9.47 Å². The first-order chi connectivity index (χ1) is 15.5. The van der Waals surface area contributed by atoms with Crippen LogP contribution in [0.15, 0.2) is 81.2 Å². The van der Waals surface area contributed by atoms with E-state index in [0.717, 1.165) is 14.5 Å². The SMILES string of the molecule is CCOc1ccc(NC(=O)/C(C#N)=C\c2ccc(OCc3ccc(Br)cc3)c(Br)c2)cc1. The zero-order valence-corrected chi connectivity index (χ0v) is 20.4. The third-order valence-electron chi connectivity index (χ3n) is 4.36. The molecule has 1 N–H and O–H groups in total. The smallest absolute Gasteiger partial charge is 0.266 e. The number of hydrogen-bond acceptors (Lipinski definition) is 4. The Morgan fingerprint density at radius 1 is 1.03 bits per heavy atom. The number of carbonyl (C=O) groups excluding carboxylic acids is 1. The van der Waals surface area contributed by atoms with Crippen molar-refractivity contribution < 1.29 is 14.3 Å². The summed E-state index contributed by atoms with van der Waals surface area (Å²) >= 11 is 6.91. The summed E-state index contributed by atoms with van der Waals surface area (Å²) in [6.07, 6.45) is 1.53. The number of nitriles is 1. The van der Waals surface area contributed by atoms with Crippen molar-refractivity contribution in [2.24, 2.45) is 0 Å². The van der Waals surface area contributed by atoms with Crippen LogP contribution in [-0.4, -0.2) is 12.5 Å². The lowest BCUT2D eigenvalue weighted by Gasteiger charge is -2.09. The summed E-state index contributed by atoms with van der Waals surface area (Å²) in [7, 11) is 0. The molecule has 32 heavy (non-hydrogen) atoms. The van der Waals surface area contributed by atoms with Crippen LogP contribution in [0.5, 0.6) is 11.5 Å². The number of ether oxygens (including phenoxy) is 2. The number of nitrogens with zero attached hydrogens (tertiary/aromatic N) is 1. The van der Waals surface area contributed by atoms with Crippen molar-refractivity contribution in [3.05, 3.63) is 92.4 Å². The Bertz CT molecular complexity index is 1150. The highest BCUT2D eigenvalue weighted by atomic mass is 79.9. The largest absolute Gasteiger partial charge is 0.494 e. The average molecular weight is 556 g/mol. The molecule has 5 nitrogen and oxygen atoms in total. The first kappa shape index (κ1) is 23.6. The molecule has 0 saturated heterocycles. The lowest BCUT2D eigenvalue weighted by atomic mass is 10.1. The Morgan fingerprint density at radius 3 is 2.38 bits per heavy atom. The molecule has 0 heterocycles. The quantitative estimate of drug-likeness (QED) is 0.247. The van der Waals surface area contributed by atoms with E-state index < -0.39 is 5.91 Å². The number of amides is 1. The van der Waals surface area contributed by atoms with Crippen molar-refractivity contribution in [1.29, 1.82) is 5.26 Å². The molecule has 3 aromatic carbocycles. The van der Waals surface area contributed by atoms with E-state index in [9.17, 15) is 10.1 Å². The maximum atomic E-state index is 12.5. The van der Waals surface area contributed by atoms with Crippen LogP contribution in [0.2, 0.25) is 0 Å². The number of halogens is 2. The molecule has 0 unspecified atom stereocenters. The van der Waals surface area contributed by atoms with Crippen LogP contribution >= 0.6 is 31.9 Å². The van der Waals surface area contributed by atoms with Gasteiger partial charge in [0.15, 0.2) is 0 Å². The maximum absolute atomic E-state index is 12.5. The molecule has 3 aromatic rings. The maximum Gasteiger partial charge on any atom is 0.266 e. The summed E-state index contributed by atoms with van der Waals surface area (Å²) in [5, 5.41) is 12.2. The van der Waals surface area contributed by atoms with E-state index in [2.05, 4.69) is 37.2 Å². The van der Waals surface area contributed by atoms with Gasteiger partial charge >= 0.3 is 0 Å². The number of rotatable bonds is 8. The van der Waals surface area contributed by atoms with E-state index in [1.165, 1.54) is 6.08 Å². The average Bonchev–Trinajstić information content (AvgIpc) is 2.79. The summed E-state index contributed by atoms with van der Waals surface area (Å²) in [5.74, 6) is 0.902. The van der Waals surface area contributed by atoms with Gasteiger partial charge in [0.2, 0.25) is 0 Å². The molecule has 0 fully saturated rings. The molecule has 0 bridgehead atoms. The molecule has 0 aliphatic rings. The normalized spacial score (nSPS) is 10.9. The Balaban J connectivity index is 1.66. The van der Waals surface area contributed by atoms with Gasteiger partial charge in [0.25, 0.3) is 5.91 Å². The molecular weight excluding hydrogens is 536 g/mol. The molecule has 0 spiro atoms. The summed E-state index contributed by atoms with van der Waals surface area (Å²) < 4.78 is 13.0. The number of carbonyl (C=O) groups is 1. The summed E-state index contributed by atoms with van der Waals surface area (Å²) in [6, 6.07) is 22.2. The minimum Gasteiger partial charge on any atom is -0.494 e. The second-order valence-corrected chi connectivity index (χ2v) is 8.46. The van der Waals surface area contributed by atoms with Gasteiger partial charge in [-0.2, -0.15) is 5.26 Å². The van der Waals surface area contributed by atoms with Crippen LogP contribution in [0.1, 0.15) is 18.1 Å². The molecule has 1 amide bonds. The Hall–Kier alpha value is -3.08. The predicted molar refractivity (Wildman–Crippen MR) is 132 cm³/mol. The van der Waals surface area contributed by atoms with Gasteiger partial charge in [0.05, 0.1) is 11.1 Å². The van der Waals surface area contributed by atoms with Gasteiger partial charge in [-0.1, -0.05) is 34.1 Å². The monoisotopic (exact) mass is 554 g/mol. The summed E-state index contributed by atoms with van der Waals surface area (Å²) in [6.45, 7) is 2.89. The fraction of sp³-hybridized carbons (Fsp3) is 0.120. The first-order valence-electron chi connectivity index (χ1n) is 9.81. The topological polar surface area (TPSA) is 71.3 Å². The van der Waals surface area contributed by atoms with Crippen molar-refractivity contribution in [3.63, 3.8) is 0 Å². The van der Waals surface area contributed by atoms with Crippen LogP contribution in [0.3, 0.4) is 0 Å². The fourth-order valence-electron chi connectivity index (χ4n) is 2.78. The van der Waals surface area contributed by atoms with Crippen molar-refractivity contribution >= 4 is 49.5 Å². The van der Waals surface area contributed by atoms with E-state index in [1.807, 2.05) is 37.3 Å². The van der Waals surface area contributed by atoms with E-state index in [-0.39, 0.29) is 5.57 Å². The third kappa shape index (κ3) is 6.71. The van der Waals surface area contributed by atoms with Crippen LogP contribution in [-0.2, 0) is 11.4 Å². The second kappa shape index (κ2) is 11.5. The van der Waals surface area contributed by atoms with Gasteiger partial charge in [0.1, 0.15) is 29.7 Å². The highest BCUT2D eigenvalue weighted by Gasteiger charge is 2.11. The van der Waals surface area contributed by atoms with Gasteiger partial charge in [0, 0.05) is 10.2 Å². The highest BCUT2D eigenvalue weighted by molar-refractivity contribution is 9.10. The van der Waals surface area contributed by atoms with Crippen molar-refractivity contribution in [3.8, 4) is 17.6 Å². The standard InChI is InChI=1S/C25H20Br2N2O3/c1-2-31-22-10-8-21(9-11-22)29-25(30)19(15-28)13-18-5-12-24(23(27)14-18)32-16-17-3-6-20(26)7-4-17/h3-14H,2,16H2,1H3,(H,29,30)/b19-13-. The molecule has 0 aliphatic carbocycles. The van der Waals surface area contributed by atoms with Crippen LogP contribution in [0.4, 0.5) is 5.69 Å². The highest BCUT2D eigenvalue weighted by Crippen LogP contribution is 2.28. The van der Waals surface area contributed by atoms with Crippen molar-refractivity contribution in [2.75, 3.05) is 11.9 Å². The molecule has 0 atom stereocenters. The van der Waals surface area contributed by atoms with Crippen LogP contribution in [0.25, 0.3) is 6.08 Å². The summed E-state index contributed by atoms with van der Waals surface area (Å²) in [4.78, 5) is 12.5. The molecule has 3 rings (SSSR count). The van der Waals surface area contributed by atoms with Crippen molar-refractivity contribution in [1.82, 2.24) is 0 Å². The van der Waals surface area contributed by atoms with E-state index >= 15 is 0 Å². The number of benzene rings is 3. The molecular formula is C25H20Br2N2O3. The second-order valence-electron chi connectivity index (χ2n) is 6.69. The zero-order valence-electron chi connectivity index (χ0n) is 17.3. The Labute approximate surface area is 203 Å². The molecule has 0 radical (unpaired) electrons. The molecule has 0 aliphatic heterocycles. The van der Waals surface area contributed by atoms with Crippen LogP contribution < -0.4 is 14.8 Å². The number of nitrogens with one attached hydrogen (secondary N) is 1. The summed E-state index contributed by atoms with van der Waals surface area (Å²) in [5.41, 5.74) is 2.32. The van der Waals surface area contributed by atoms with Gasteiger partial charge in [-0.3, -0.25) is 4.79 Å². The fourth-order valence-corrected chi connectivity index (χ4v) is 3.56. The van der Waals surface area contributed by atoms with Crippen molar-refractivity contribution in [2.45, 2.75) is 13.5 Å². The first-order valence-corrected chi connectivity index (χ1v) is 11.4. The Morgan fingerprint density at radius 2 is 1.75 bits per heavy atom. The molecule has 7 heteroatoms. The van der Waals surface area contributed by atoms with Gasteiger partial charge < -0.3 is 14.8 Å². The van der Waals surface area contributed by atoms with E-state index in [1.54, 1.807) is 42.5 Å². The molecule has 162 valence electrons. The van der Waals surface area contributed by atoms with Gasteiger partial charge in [-0.25, -0.2) is 0 Å². The van der Waals surface area contributed by atoms with Gasteiger partial charge in [-0.15, -0.1) is 0 Å².